The van der Waals surface area contributed by atoms with E-state index in [1.54, 1.807) is 5.06 Å². The Labute approximate surface area is 150 Å². The van der Waals surface area contributed by atoms with Crippen LogP contribution in [0.4, 0.5) is 0 Å². The molecule has 1 saturated heterocycles. The van der Waals surface area contributed by atoms with Crippen LogP contribution in [0.1, 0.15) is 52.5 Å². The highest BCUT2D eigenvalue weighted by molar-refractivity contribution is 5.75. The molecule has 0 spiro atoms. The summed E-state index contributed by atoms with van der Waals surface area (Å²) in [5.74, 6) is 0.609. The summed E-state index contributed by atoms with van der Waals surface area (Å²) in [6.07, 6.45) is 1.99. The van der Waals surface area contributed by atoms with Gasteiger partial charge in [0.05, 0.1) is 18.1 Å². The van der Waals surface area contributed by atoms with Crippen LogP contribution in [0, 0.1) is 16.7 Å². The predicted molar refractivity (Wildman–Crippen MR) is 95.9 cm³/mol. The van der Waals surface area contributed by atoms with E-state index >= 15 is 0 Å². The van der Waals surface area contributed by atoms with Crippen molar-refractivity contribution in [2.45, 2.75) is 52.4 Å². The van der Waals surface area contributed by atoms with Gasteiger partial charge in [0.15, 0.2) is 0 Å². The second-order valence-electron chi connectivity index (χ2n) is 7.63. The Bertz CT molecular complexity index is 635. The smallest absolute Gasteiger partial charge is 0.330 e. The van der Waals surface area contributed by atoms with Crippen molar-refractivity contribution < 1.29 is 14.4 Å². The lowest BCUT2D eigenvalue weighted by Crippen LogP contribution is -2.44. The van der Waals surface area contributed by atoms with Crippen LogP contribution >= 0.6 is 0 Å². The minimum Gasteiger partial charge on any atom is -0.494 e. The molecule has 1 aromatic carbocycles. The topological polar surface area (TPSA) is 62.6 Å². The minimum atomic E-state index is -0.521. The van der Waals surface area contributed by atoms with Crippen molar-refractivity contribution in [2.24, 2.45) is 5.41 Å². The van der Waals surface area contributed by atoms with Gasteiger partial charge in [0.25, 0.3) is 0 Å². The normalized spacial score (nSPS) is 17.6. The van der Waals surface area contributed by atoms with E-state index in [1.165, 1.54) is 0 Å². The standard InChI is InChI=1S/C20H28N2O3/c1-5-24-17-8-6-7-16(15-17)20(9-12-21)10-13-22(14-11-20)25-18(23)19(2,3)4/h6-8,15H,5,9-11,13-14H2,1-4H3. The van der Waals surface area contributed by atoms with Crippen LogP contribution in [0.15, 0.2) is 24.3 Å². The third kappa shape index (κ3) is 4.73. The van der Waals surface area contributed by atoms with E-state index in [1.807, 2.05) is 45.9 Å². The van der Waals surface area contributed by atoms with Crippen molar-refractivity contribution in [3.8, 4) is 11.8 Å². The van der Waals surface area contributed by atoms with Gasteiger partial charge in [-0.1, -0.05) is 12.1 Å². The molecule has 1 heterocycles. The molecule has 1 aliphatic heterocycles. The van der Waals surface area contributed by atoms with Crippen molar-refractivity contribution in [2.75, 3.05) is 19.7 Å². The summed E-state index contributed by atoms with van der Waals surface area (Å²) in [7, 11) is 0. The van der Waals surface area contributed by atoms with Crippen molar-refractivity contribution >= 4 is 5.97 Å². The lowest BCUT2D eigenvalue weighted by Gasteiger charge is -2.40. The van der Waals surface area contributed by atoms with E-state index in [0.29, 0.717) is 26.1 Å². The van der Waals surface area contributed by atoms with Crippen molar-refractivity contribution in [3.05, 3.63) is 29.8 Å². The summed E-state index contributed by atoms with van der Waals surface area (Å²) >= 11 is 0. The fourth-order valence-corrected chi connectivity index (χ4v) is 3.06. The third-order valence-corrected chi connectivity index (χ3v) is 4.68. The van der Waals surface area contributed by atoms with Gasteiger partial charge in [0.2, 0.25) is 0 Å². The Morgan fingerprint density at radius 2 is 2.00 bits per heavy atom. The number of ether oxygens (including phenoxy) is 1. The molecule has 0 saturated carbocycles. The van der Waals surface area contributed by atoms with E-state index in [2.05, 4.69) is 12.1 Å². The minimum absolute atomic E-state index is 0.216. The van der Waals surface area contributed by atoms with Crippen LogP contribution in [-0.4, -0.2) is 30.7 Å². The summed E-state index contributed by atoms with van der Waals surface area (Å²) < 4.78 is 5.61. The molecular formula is C20H28N2O3. The number of hydroxylamine groups is 2. The summed E-state index contributed by atoms with van der Waals surface area (Å²) in [5, 5.41) is 11.1. The number of carbonyl (C=O) groups excluding carboxylic acids is 1. The molecule has 0 bridgehead atoms. The number of benzene rings is 1. The lowest BCUT2D eigenvalue weighted by atomic mass is 9.71. The van der Waals surface area contributed by atoms with Crippen LogP contribution < -0.4 is 4.74 Å². The molecule has 0 aromatic heterocycles. The fourth-order valence-electron chi connectivity index (χ4n) is 3.06. The number of piperidine rings is 1. The molecule has 0 unspecified atom stereocenters. The first-order valence-corrected chi connectivity index (χ1v) is 8.88. The van der Waals surface area contributed by atoms with Gasteiger partial charge >= 0.3 is 5.97 Å². The van der Waals surface area contributed by atoms with Crippen LogP contribution in [0.25, 0.3) is 0 Å². The predicted octanol–water partition coefficient (Wildman–Crippen LogP) is 3.84. The number of rotatable bonds is 5. The molecule has 136 valence electrons. The van der Waals surface area contributed by atoms with Gasteiger partial charge in [0.1, 0.15) is 5.75 Å². The number of hydrogen-bond acceptors (Lipinski definition) is 5. The SMILES string of the molecule is CCOc1cccc(C2(CC#N)CCN(OC(=O)C(C)(C)C)CC2)c1. The molecule has 0 aliphatic carbocycles. The van der Waals surface area contributed by atoms with Crippen molar-refractivity contribution in [1.82, 2.24) is 5.06 Å². The average molecular weight is 344 g/mol. The second-order valence-corrected chi connectivity index (χ2v) is 7.63. The van der Waals surface area contributed by atoms with Gasteiger partial charge in [-0.05, 0) is 58.2 Å². The molecule has 25 heavy (non-hydrogen) atoms. The van der Waals surface area contributed by atoms with Crippen molar-refractivity contribution in [1.29, 1.82) is 5.26 Å². The number of nitrogens with zero attached hydrogens (tertiary/aromatic N) is 2. The molecule has 5 nitrogen and oxygen atoms in total. The molecule has 0 radical (unpaired) electrons. The van der Waals surface area contributed by atoms with Crippen LogP contribution in [0.5, 0.6) is 5.75 Å². The number of nitriles is 1. The summed E-state index contributed by atoms with van der Waals surface area (Å²) in [6, 6.07) is 10.4. The summed E-state index contributed by atoms with van der Waals surface area (Å²) in [6.45, 7) is 9.37. The van der Waals surface area contributed by atoms with Gasteiger partial charge < -0.3 is 9.57 Å². The van der Waals surface area contributed by atoms with E-state index in [4.69, 9.17) is 9.57 Å². The van der Waals surface area contributed by atoms with Gasteiger partial charge in [-0.25, -0.2) is 4.79 Å². The molecule has 1 aliphatic rings. The molecule has 2 rings (SSSR count). The van der Waals surface area contributed by atoms with E-state index in [9.17, 15) is 10.1 Å². The lowest BCUT2D eigenvalue weighted by molar-refractivity contribution is -0.207. The molecule has 0 N–H and O–H groups in total. The maximum atomic E-state index is 12.1. The quantitative estimate of drug-likeness (QED) is 0.812. The van der Waals surface area contributed by atoms with E-state index in [0.717, 1.165) is 24.2 Å². The van der Waals surface area contributed by atoms with E-state index < -0.39 is 5.41 Å². The zero-order chi connectivity index (χ0) is 18.5. The summed E-state index contributed by atoms with van der Waals surface area (Å²) in [5.41, 5.74) is 0.390. The van der Waals surface area contributed by atoms with Crippen LogP contribution in [0.3, 0.4) is 0 Å². The van der Waals surface area contributed by atoms with Gasteiger partial charge in [-0.15, -0.1) is 5.06 Å². The maximum Gasteiger partial charge on any atom is 0.330 e. The Morgan fingerprint density at radius 1 is 1.32 bits per heavy atom. The monoisotopic (exact) mass is 344 g/mol. The van der Waals surface area contributed by atoms with Crippen molar-refractivity contribution in [3.63, 3.8) is 0 Å². The van der Waals surface area contributed by atoms with E-state index in [-0.39, 0.29) is 11.4 Å². The molecule has 1 fully saturated rings. The summed E-state index contributed by atoms with van der Waals surface area (Å²) in [4.78, 5) is 17.6. The highest BCUT2D eigenvalue weighted by atomic mass is 16.7. The fraction of sp³-hybridized carbons (Fsp3) is 0.600. The Balaban J connectivity index is 2.12. The molecule has 1 aromatic rings. The van der Waals surface area contributed by atoms with Gasteiger partial charge in [-0.2, -0.15) is 5.26 Å². The number of hydrogen-bond donors (Lipinski definition) is 0. The second kappa shape index (κ2) is 7.88. The number of carbonyl (C=O) groups is 1. The van der Waals surface area contributed by atoms with Crippen LogP contribution in [-0.2, 0) is 15.0 Å². The Morgan fingerprint density at radius 3 is 2.56 bits per heavy atom. The largest absolute Gasteiger partial charge is 0.494 e. The third-order valence-electron chi connectivity index (χ3n) is 4.68. The average Bonchev–Trinajstić information content (AvgIpc) is 2.57. The zero-order valence-electron chi connectivity index (χ0n) is 15.7. The molecular weight excluding hydrogens is 316 g/mol. The van der Waals surface area contributed by atoms with Gasteiger partial charge in [-0.3, -0.25) is 0 Å². The Hall–Kier alpha value is -2.06. The first-order valence-electron chi connectivity index (χ1n) is 8.88. The van der Waals surface area contributed by atoms with Gasteiger partial charge in [0, 0.05) is 24.9 Å². The molecule has 0 atom stereocenters. The Kier molecular flexibility index (Phi) is 6.07. The highest BCUT2D eigenvalue weighted by Crippen LogP contribution is 2.40. The maximum absolute atomic E-state index is 12.1. The first-order chi connectivity index (χ1) is 11.8. The van der Waals surface area contributed by atoms with Crippen LogP contribution in [0.2, 0.25) is 0 Å². The molecule has 0 amide bonds. The first kappa shape index (κ1) is 19.3. The molecule has 5 heteroatoms. The zero-order valence-corrected chi connectivity index (χ0v) is 15.7. The highest BCUT2D eigenvalue weighted by Gasteiger charge is 2.38.